The van der Waals surface area contributed by atoms with Crippen LogP contribution >= 0.6 is 0 Å². The Bertz CT molecular complexity index is 543. The zero-order valence-electron chi connectivity index (χ0n) is 12.5. The number of nitrogens with zero attached hydrogens (tertiary/aromatic N) is 2. The molecule has 1 aromatic carbocycles. The number of likely N-dealkylation sites (tertiary alicyclic amines) is 1. The molecule has 0 radical (unpaired) electrons. The highest BCUT2D eigenvalue weighted by Gasteiger charge is 2.33. The minimum absolute atomic E-state index is 0.0872. The van der Waals surface area contributed by atoms with Gasteiger partial charge in [0.2, 0.25) is 5.91 Å². The molecule has 0 aliphatic carbocycles. The molecule has 0 N–H and O–H groups in total. The predicted molar refractivity (Wildman–Crippen MR) is 82.4 cm³/mol. The fourth-order valence-electron chi connectivity index (χ4n) is 3.56. The van der Waals surface area contributed by atoms with E-state index in [0.29, 0.717) is 6.54 Å². The lowest BCUT2D eigenvalue weighted by molar-refractivity contribution is -0.122. The van der Waals surface area contributed by atoms with Gasteiger partial charge < -0.3 is 9.69 Å². The number of hydrogen-bond acceptors (Lipinski definition) is 3. The molecule has 0 spiro atoms. The summed E-state index contributed by atoms with van der Waals surface area (Å²) in [7, 11) is 0. The molecule has 1 fully saturated rings. The quantitative estimate of drug-likeness (QED) is 0.798. The Morgan fingerprint density at radius 2 is 2.14 bits per heavy atom. The Hall–Kier alpha value is -1.68. The number of carbonyl (C=O) groups excluding carboxylic acids is 2. The highest BCUT2D eigenvalue weighted by Crippen LogP contribution is 2.32. The molecule has 1 aromatic rings. The van der Waals surface area contributed by atoms with E-state index >= 15 is 0 Å². The first-order valence-electron chi connectivity index (χ1n) is 7.80. The van der Waals surface area contributed by atoms with Crippen molar-refractivity contribution >= 4 is 17.9 Å². The largest absolute Gasteiger partial charge is 0.308 e. The monoisotopic (exact) mass is 286 g/mol. The Morgan fingerprint density at radius 1 is 1.33 bits per heavy atom. The number of hydrogen-bond donors (Lipinski definition) is 0. The third kappa shape index (κ3) is 2.72. The fourth-order valence-corrected chi connectivity index (χ4v) is 3.56. The van der Waals surface area contributed by atoms with Crippen LogP contribution in [0.5, 0.6) is 0 Å². The first-order chi connectivity index (χ1) is 10.2. The zero-order valence-corrected chi connectivity index (χ0v) is 12.5. The molecule has 21 heavy (non-hydrogen) atoms. The van der Waals surface area contributed by atoms with Crippen molar-refractivity contribution in [1.29, 1.82) is 0 Å². The minimum Gasteiger partial charge on any atom is -0.308 e. The van der Waals surface area contributed by atoms with Gasteiger partial charge in [-0.25, -0.2) is 0 Å². The van der Waals surface area contributed by atoms with E-state index < -0.39 is 0 Å². The third-order valence-electron chi connectivity index (χ3n) is 4.64. The molecule has 112 valence electrons. The van der Waals surface area contributed by atoms with Crippen molar-refractivity contribution < 1.29 is 9.59 Å². The van der Waals surface area contributed by atoms with E-state index in [0.717, 1.165) is 44.2 Å². The third-order valence-corrected chi connectivity index (χ3v) is 4.64. The number of piperidine rings is 1. The summed E-state index contributed by atoms with van der Waals surface area (Å²) in [6, 6.07) is 8.22. The Kier molecular flexibility index (Phi) is 4.06. The number of fused-ring (bicyclic) bond motifs is 1. The predicted octanol–water partition coefficient (Wildman–Crippen LogP) is 2.02. The van der Waals surface area contributed by atoms with Crippen LogP contribution in [0.2, 0.25) is 0 Å². The maximum atomic E-state index is 12.7. The van der Waals surface area contributed by atoms with Crippen molar-refractivity contribution in [2.75, 3.05) is 18.0 Å². The molecule has 1 amide bonds. The maximum Gasteiger partial charge on any atom is 0.241 e. The molecule has 0 bridgehead atoms. The van der Waals surface area contributed by atoms with Crippen LogP contribution in [0.1, 0.15) is 31.7 Å². The average Bonchev–Trinajstić information content (AvgIpc) is 2.83. The number of benzene rings is 1. The van der Waals surface area contributed by atoms with Crippen molar-refractivity contribution in [2.45, 2.75) is 44.7 Å². The van der Waals surface area contributed by atoms with Crippen molar-refractivity contribution in [2.24, 2.45) is 0 Å². The lowest BCUT2D eigenvalue weighted by Gasteiger charge is -2.33. The minimum atomic E-state index is -0.0872. The highest BCUT2D eigenvalue weighted by atomic mass is 16.2. The van der Waals surface area contributed by atoms with Gasteiger partial charge in [0.1, 0.15) is 6.29 Å². The summed E-state index contributed by atoms with van der Waals surface area (Å²) in [5.41, 5.74) is 2.28. The first kappa shape index (κ1) is 14.3. The van der Waals surface area contributed by atoms with Crippen LogP contribution in [0.25, 0.3) is 0 Å². The van der Waals surface area contributed by atoms with E-state index in [4.69, 9.17) is 0 Å². The molecule has 2 heterocycles. The van der Waals surface area contributed by atoms with Gasteiger partial charge in [-0.05, 0) is 44.4 Å². The van der Waals surface area contributed by atoms with Gasteiger partial charge >= 0.3 is 0 Å². The van der Waals surface area contributed by atoms with Crippen molar-refractivity contribution in [3.63, 3.8) is 0 Å². The molecule has 0 saturated carbocycles. The van der Waals surface area contributed by atoms with Crippen LogP contribution in [0.15, 0.2) is 24.3 Å². The number of anilines is 1. The van der Waals surface area contributed by atoms with E-state index in [-0.39, 0.29) is 18.0 Å². The van der Waals surface area contributed by atoms with Crippen molar-refractivity contribution in [1.82, 2.24) is 4.90 Å². The average molecular weight is 286 g/mol. The normalized spacial score (nSPS) is 25.7. The van der Waals surface area contributed by atoms with Crippen LogP contribution in [0.3, 0.4) is 0 Å². The number of para-hydroxylation sites is 1. The number of amides is 1. The lowest BCUT2D eigenvalue weighted by Crippen LogP contribution is -2.48. The second-order valence-electron chi connectivity index (χ2n) is 6.12. The first-order valence-corrected chi connectivity index (χ1v) is 7.80. The summed E-state index contributed by atoms with van der Waals surface area (Å²) in [6.45, 7) is 3.28. The maximum absolute atomic E-state index is 12.7. The SMILES string of the molecule is CC1Cc2ccccc2N1C(=O)CN1CCCCC1C=O. The van der Waals surface area contributed by atoms with E-state index in [9.17, 15) is 9.59 Å². The van der Waals surface area contributed by atoms with Crippen LogP contribution in [0, 0.1) is 0 Å². The van der Waals surface area contributed by atoms with E-state index in [1.165, 1.54) is 5.56 Å². The van der Waals surface area contributed by atoms with Gasteiger partial charge in [-0.2, -0.15) is 0 Å². The Morgan fingerprint density at radius 3 is 2.95 bits per heavy atom. The fraction of sp³-hybridized carbons (Fsp3) is 0.529. The number of rotatable bonds is 3. The molecule has 3 rings (SSSR count). The topological polar surface area (TPSA) is 40.6 Å². The van der Waals surface area contributed by atoms with Gasteiger partial charge in [0, 0.05) is 11.7 Å². The van der Waals surface area contributed by atoms with Crippen LogP contribution in [0.4, 0.5) is 5.69 Å². The molecule has 2 aliphatic heterocycles. The van der Waals surface area contributed by atoms with Crippen LogP contribution < -0.4 is 4.90 Å². The second-order valence-corrected chi connectivity index (χ2v) is 6.12. The summed E-state index contributed by atoms with van der Waals surface area (Å²) < 4.78 is 0. The van der Waals surface area contributed by atoms with Gasteiger partial charge in [-0.15, -0.1) is 0 Å². The molecular weight excluding hydrogens is 264 g/mol. The van der Waals surface area contributed by atoms with Crippen LogP contribution in [-0.2, 0) is 16.0 Å². The summed E-state index contributed by atoms with van der Waals surface area (Å²) in [5.74, 6) is 0.112. The number of carbonyl (C=O) groups is 2. The van der Waals surface area contributed by atoms with Gasteiger partial charge in [0.25, 0.3) is 0 Å². The smallest absolute Gasteiger partial charge is 0.241 e. The van der Waals surface area contributed by atoms with Crippen LogP contribution in [-0.4, -0.2) is 42.3 Å². The summed E-state index contributed by atoms with van der Waals surface area (Å²) >= 11 is 0. The molecule has 1 saturated heterocycles. The van der Waals surface area contributed by atoms with Gasteiger partial charge in [-0.3, -0.25) is 9.69 Å². The molecular formula is C17H22N2O2. The molecule has 2 atom stereocenters. The summed E-state index contributed by atoms with van der Waals surface area (Å²) in [5, 5.41) is 0. The summed E-state index contributed by atoms with van der Waals surface area (Å²) in [4.78, 5) is 27.8. The van der Waals surface area contributed by atoms with Crippen molar-refractivity contribution in [3.8, 4) is 0 Å². The van der Waals surface area contributed by atoms with E-state index in [1.54, 1.807) is 0 Å². The molecule has 2 unspecified atom stereocenters. The van der Waals surface area contributed by atoms with E-state index in [1.807, 2.05) is 28.0 Å². The van der Waals surface area contributed by atoms with Gasteiger partial charge in [0.05, 0.1) is 12.6 Å². The standard InChI is InChI=1S/C17H22N2O2/c1-13-10-14-6-2-3-8-16(14)19(13)17(21)11-18-9-5-4-7-15(18)12-20/h2-3,6,8,12-13,15H,4-5,7,9-11H2,1H3. The molecule has 2 aliphatic rings. The summed E-state index contributed by atoms with van der Waals surface area (Å²) in [6.07, 6.45) is 4.94. The van der Waals surface area contributed by atoms with Gasteiger partial charge in [-0.1, -0.05) is 24.6 Å². The lowest BCUT2D eigenvalue weighted by atomic mass is 10.0. The zero-order chi connectivity index (χ0) is 14.8. The molecule has 0 aromatic heterocycles. The molecule has 4 nitrogen and oxygen atoms in total. The molecule has 4 heteroatoms. The highest BCUT2D eigenvalue weighted by molar-refractivity contribution is 5.97. The van der Waals surface area contributed by atoms with E-state index in [2.05, 4.69) is 13.0 Å². The van der Waals surface area contributed by atoms with Gasteiger partial charge in [0.15, 0.2) is 0 Å². The Balaban J connectivity index is 1.75. The van der Waals surface area contributed by atoms with Crippen molar-refractivity contribution in [3.05, 3.63) is 29.8 Å². The second kappa shape index (κ2) is 5.98. The number of aldehydes is 1. The Labute approximate surface area is 125 Å².